The molecule has 1 atom stereocenters. The highest BCUT2D eigenvalue weighted by atomic mass is 17.2. The molecule has 0 aliphatic rings. The van der Waals surface area contributed by atoms with Gasteiger partial charge in [-0.2, -0.15) is 4.89 Å². The molecule has 1 unspecified atom stereocenters. The predicted octanol–water partition coefficient (Wildman–Crippen LogP) is 2.78. The Morgan fingerprint density at radius 1 is 1.00 bits per heavy atom. The van der Waals surface area contributed by atoms with Crippen LogP contribution in [0.25, 0.3) is 11.1 Å². The van der Waals surface area contributed by atoms with E-state index in [2.05, 4.69) is 9.78 Å². The van der Waals surface area contributed by atoms with Crippen molar-refractivity contribution in [2.75, 3.05) is 0 Å². The molecule has 0 saturated carbocycles. The molecule has 2 rings (SSSR count). The predicted molar refractivity (Wildman–Crippen MR) is 70.1 cm³/mol. The van der Waals surface area contributed by atoms with Crippen LogP contribution >= 0.6 is 0 Å². The molecule has 4 nitrogen and oxygen atoms in total. The summed E-state index contributed by atoms with van der Waals surface area (Å²) in [7, 11) is 0. The van der Waals surface area contributed by atoms with E-state index in [4.69, 9.17) is 5.11 Å². The quantitative estimate of drug-likeness (QED) is 0.520. The summed E-state index contributed by atoms with van der Waals surface area (Å²) in [5.74, 6) is -0.638. The molecule has 0 aliphatic heterocycles. The van der Waals surface area contributed by atoms with Crippen molar-refractivity contribution >= 4 is 5.97 Å². The summed E-state index contributed by atoms with van der Waals surface area (Å²) in [6, 6.07) is 16.8. The lowest BCUT2D eigenvalue weighted by molar-refractivity contribution is -0.321. The Labute approximate surface area is 111 Å². The molecule has 0 saturated heterocycles. The average Bonchev–Trinajstić information content (AvgIpc) is 2.46. The summed E-state index contributed by atoms with van der Waals surface area (Å²) < 4.78 is 0. The van der Waals surface area contributed by atoms with E-state index < -0.39 is 12.3 Å². The van der Waals surface area contributed by atoms with Crippen LogP contribution in [0.15, 0.2) is 54.6 Å². The first kappa shape index (κ1) is 13.3. The highest BCUT2D eigenvalue weighted by Gasteiger charge is 2.10. The van der Waals surface area contributed by atoms with Gasteiger partial charge in [0.05, 0.1) is 5.56 Å². The average molecular weight is 258 g/mol. The van der Waals surface area contributed by atoms with Crippen LogP contribution in [0.2, 0.25) is 0 Å². The number of rotatable bonds is 4. The normalized spacial score (nSPS) is 11.9. The smallest absolute Gasteiger partial charge is 0.365 e. The van der Waals surface area contributed by atoms with Gasteiger partial charge in [0.25, 0.3) is 0 Å². The molecular weight excluding hydrogens is 244 g/mol. The summed E-state index contributed by atoms with van der Waals surface area (Å²) in [6.07, 6.45) is -1.15. The lowest BCUT2D eigenvalue weighted by Gasteiger charge is -2.06. The number of carbonyl (C=O) groups is 1. The Balaban J connectivity index is 2.08. The van der Waals surface area contributed by atoms with E-state index in [1.54, 1.807) is 12.1 Å². The fourth-order valence-electron chi connectivity index (χ4n) is 1.59. The van der Waals surface area contributed by atoms with Crippen LogP contribution in [-0.2, 0) is 9.78 Å². The van der Waals surface area contributed by atoms with Crippen LogP contribution in [0.1, 0.15) is 17.3 Å². The van der Waals surface area contributed by atoms with Gasteiger partial charge < -0.3 is 5.11 Å². The van der Waals surface area contributed by atoms with E-state index in [-0.39, 0.29) is 0 Å². The summed E-state index contributed by atoms with van der Waals surface area (Å²) in [5, 5.41) is 8.84. The Morgan fingerprint density at radius 2 is 1.58 bits per heavy atom. The molecule has 0 bridgehead atoms. The Kier molecular flexibility index (Phi) is 4.28. The van der Waals surface area contributed by atoms with Crippen molar-refractivity contribution in [3.63, 3.8) is 0 Å². The Bertz CT molecular complexity index is 532. The number of carbonyl (C=O) groups excluding carboxylic acids is 1. The third-order valence-electron chi connectivity index (χ3n) is 2.49. The molecule has 0 radical (unpaired) electrons. The van der Waals surface area contributed by atoms with Gasteiger partial charge >= 0.3 is 5.97 Å². The number of aliphatic hydroxyl groups excluding tert-OH is 1. The van der Waals surface area contributed by atoms with Crippen LogP contribution in [0.3, 0.4) is 0 Å². The molecular formula is C15H14O4. The van der Waals surface area contributed by atoms with Crippen LogP contribution < -0.4 is 0 Å². The standard InChI is InChI=1S/C15H14O4/c1-11(16)18-19-15(17)14-9-7-13(8-10-14)12-5-3-2-4-6-12/h2-11,16H,1H3. The minimum atomic E-state index is -1.15. The van der Waals surface area contributed by atoms with Crippen molar-refractivity contribution in [3.05, 3.63) is 60.2 Å². The lowest BCUT2D eigenvalue weighted by Crippen LogP contribution is -2.12. The second-order valence-corrected chi connectivity index (χ2v) is 4.01. The minimum absolute atomic E-state index is 0.361. The summed E-state index contributed by atoms with van der Waals surface area (Å²) in [6.45, 7) is 1.35. The van der Waals surface area contributed by atoms with Crippen molar-refractivity contribution < 1.29 is 19.7 Å². The van der Waals surface area contributed by atoms with E-state index in [1.807, 2.05) is 42.5 Å². The first-order chi connectivity index (χ1) is 9.16. The second kappa shape index (κ2) is 6.13. The van der Waals surface area contributed by atoms with Gasteiger partial charge in [0.1, 0.15) is 0 Å². The van der Waals surface area contributed by atoms with Gasteiger partial charge in [0.15, 0.2) is 6.29 Å². The Morgan fingerprint density at radius 3 is 2.16 bits per heavy atom. The molecule has 19 heavy (non-hydrogen) atoms. The molecule has 98 valence electrons. The number of aliphatic hydroxyl groups is 1. The third-order valence-corrected chi connectivity index (χ3v) is 2.49. The molecule has 2 aromatic carbocycles. The number of hydrogen-bond acceptors (Lipinski definition) is 4. The van der Waals surface area contributed by atoms with Crippen LogP contribution in [-0.4, -0.2) is 17.4 Å². The van der Waals surface area contributed by atoms with E-state index in [0.29, 0.717) is 5.56 Å². The molecule has 0 amide bonds. The first-order valence-corrected chi connectivity index (χ1v) is 5.88. The van der Waals surface area contributed by atoms with Crippen molar-refractivity contribution in [1.29, 1.82) is 0 Å². The van der Waals surface area contributed by atoms with Gasteiger partial charge in [-0.15, -0.1) is 0 Å². The number of benzene rings is 2. The van der Waals surface area contributed by atoms with Crippen molar-refractivity contribution in [1.82, 2.24) is 0 Å². The first-order valence-electron chi connectivity index (χ1n) is 5.88. The van der Waals surface area contributed by atoms with Gasteiger partial charge in [0.2, 0.25) is 0 Å². The van der Waals surface area contributed by atoms with Crippen LogP contribution in [0, 0.1) is 0 Å². The zero-order valence-corrected chi connectivity index (χ0v) is 10.4. The maximum atomic E-state index is 11.5. The fourth-order valence-corrected chi connectivity index (χ4v) is 1.59. The molecule has 0 aliphatic carbocycles. The van der Waals surface area contributed by atoms with Gasteiger partial charge in [-0.25, -0.2) is 4.79 Å². The molecule has 0 spiro atoms. The van der Waals surface area contributed by atoms with E-state index in [1.165, 1.54) is 6.92 Å². The Hall–Kier alpha value is -2.17. The van der Waals surface area contributed by atoms with Crippen molar-refractivity contribution in [2.24, 2.45) is 0 Å². The number of hydrogen-bond donors (Lipinski definition) is 1. The molecule has 0 heterocycles. The van der Waals surface area contributed by atoms with Gasteiger partial charge in [-0.1, -0.05) is 42.5 Å². The highest BCUT2D eigenvalue weighted by molar-refractivity contribution is 5.89. The van der Waals surface area contributed by atoms with Gasteiger partial charge in [-0.3, -0.25) is 4.89 Å². The zero-order chi connectivity index (χ0) is 13.7. The van der Waals surface area contributed by atoms with E-state index >= 15 is 0 Å². The molecule has 1 N–H and O–H groups in total. The van der Waals surface area contributed by atoms with Gasteiger partial charge in [0, 0.05) is 0 Å². The third kappa shape index (κ3) is 3.64. The van der Waals surface area contributed by atoms with Crippen LogP contribution in [0.5, 0.6) is 0 Å². The largest absolute Gasteiger partial charge is 0.373 e. The molecule has 4 heteroatoms. The van der Waals surface area contributed by atoms with Gasteiger partial charge in [-0.05, 0) is 30.2 Å². The lowest BCUT2D eigenvalue weighted by atomic mass is 10.0. The molecule has 2 aromatic rings. The highest BCUT2D eigenvalue weighted by Crippen LogP contribution is 2.19. The van der Waals surface area contributed by atoms with Crippen LogP contribution in [0.4, 0.5) is 0 Å². The fraction of sp³-hybridized carbons (Fsp3) is 0.133. The maximum absolute atomic E-state index is 11.5. The maximum Gasteiger partial charge on any atom is 0.373 e. The summed E-state index contributed by atoms with van der Waals surface area (Å²) in [4.78, 5) is 20.4. The van der Waals surface area contributed by atoms with Crippen molar-refractivity contribution in [2.45, 2.75) is 13.2 Å². The van der Waals surface area contributed by atoms with E-state index in [0.717, 1.165) is 11.1 Å². The zero-order valence-electron chi connectivity index (χ0n) is 10.4. The SMILES string of the molecule is CC(O)OOC(=O)c1ccc(-c2ccccc2)cc1. The summed E-state index contributed by atoms with van der Waals surface area (Å²) >= 11 is 0. The summed E-state index contributed by atoms with van der Waals surface area (Å²) in [5.41, 5.74) is 2.44. The monoisotopic (exact) mass is 258 g/mol. The van der Waals surface area contributed by atoms with E-state index in [9.17, 15) is 4.79 Å². The molecule has 0 aromatic heterocycles. The van der Waals surface area contributed by atoms with Crippen molar-refractivity contribution in [3.8, 4) is 11.1 Å². The second-order valence-electron chi connectivity index (χ2n) is 4.01. The topological polar surface area (TPSA) is 55.8 Å². The minimum Gasteiger partial charge on any atom is -0.365 e. The molecule has 0 fully saturated rings.